The van der Waals surface area contributed by atoms with Gasteiger partial charge >= 0.3 is 0 Å². The normalized spacial score (nSPS) is 23.0. The van der Waals surface area contributed by atoms with Crippen molar-refractivity contribution in [1.29, 1.82) is 0 Å². The minimum atomic E-state index is 0.457. The van der Waals surface area contributed by atoms with Crippen LogP contribution in [0.4, 0.5) is 0 Å². The second-order valence-electron chi connectivity index (χ2n) is 3.61. The molecular weight excluding hydrogens is 192 g/mol. The summed E-state index contributed by atoms with van der Waals surface area (Å²) in [5.41, 5.74) is 1.25. The standard InChI is InChI=1S/C11H10N2S/c14-11-12-6-8-5-7-3-1-2-4-9(7)10(8)13-11/h1-5,8H,6H2,(H2,12,13,14). The first-order chi connectivity index (χ1) is 6.84. The van der Waals surface area contributed by atoms with Gasteiger partial charge in [-0.2, -0.15) is 0 Å². The first-order valence-corrected chi connectivity index (χ1v) is 5.11. The molecule has 14 heavy (non-hydrogen) atoms. The second-order valence-corrected chi connectivity index (χ2v) is 4.02. The van der Waals surface area contributed by atoms with Gasteiger partial charge < -0.3 is 10.6 Å². The van der Waals surface area contributed by atoms with Gasteiger partial charge in [0, 0.05) is 23.4 Å². The highest BCUT2D eigenvalue weighted by molar-refractivity contribution is 7.80. The number of nitrogens with one attached hydrogen (secondary N) is 2. The molecule has 0 saturated carbocycles. The quantitative estimate of drug-likeness (QED) is 0.564. The molecule has 1 aromatic carbocycles. The molecule has 1 aliphatic heterocycles. The molecule has 1 fully saturated rings. The Morgan fingerprint density at radius 1 is 1.29 bits per heavy atom. The molecule has 1 atom stereocenters. The van der Waals surface area contributed by atoms with E-state index >= 15 is 0 Å². The van der Waals surface area contributed by atoms with Crippen molar-refractivity contribution >= 4 is 29.1 Å². The first kappa shape index (κ1) is 8.00. The number of hydrogen-bond donors (Lipinski definition) is 2. The van der Waals surface area contributed by atoms with Crippen LogP contribution < -0.4 is 21.1 Å². The predicted octanol–water partition coefficient (Wildman–Crippen LogP) is -0.317. The summed E-state index contributed by atoms with van der Waals surface area (Å²) < 4.78 is 0. The van der Waals surface area contributed by atoms with Crippen molar-refractivity contribution in [2.24, 2.45) is 5.92 Å². The molecule has 3 heteroatoms. The summed E-state index contributed by atoms with van der Waals surface area (Å²) in [6.07, 6.45) is 2.28. The Morgan fingerprint density at radius 3 is 3.07 bits per heavy atom. The molecule has 0 amide bonds. The largest absolute Gasteiger partial charge is 0.361 e. The molecule has 2 aliphatic rings. The molecule has 2 nitrogen and oxygen atoms in total. The first-order valence-electron chi connectivity index (χ1n) is 4.70. The smallest absolute Gasteiger partial charge is 0.170 e. The summed E-state index contributed by atoms with van der Waals surface area (Å²) in [7, 11) is 0. The molecule has 1 aromatic rings. The summed E-state index contributed by atoms with van der Waals surface area (Å²) in [4.78, 5) is 0. The summed E-state index contributed by atoms with van der Waals surface area (Å²) >= 11 is 5.10. The molecule has 70 valence electrons. The number of fused-ring (bicyclic) bond motifs is 2. The highest BCUT2D eigenvalue weighted by Crippen LogP contribution is 2.14. The van der Waals surface area contributed by atoms with Gasteiger partial charge in [-0.25, -0.2) is 0 Å². The van der Waals surface area contributed by atoms with Crippen LogP contribution in [0.15, 0.2) is 24.3 Å². The third-order valence-electron chi connectivity index (χ3n) is 2.73. The Kier molecular flexibility index (Phi) is 1.61. The van der Waals surface area contributed by atoms with Gasteiger partial charge in [-0.1, -0.05) is 30.3 Å². The molecule has 1 unspecified atom stereocenters. The molecule has 1 heterocycles. The molecule has 1 saturated heterocycles. The Balaban J connectivity index is 2.27. The number of thiocarbonyl (C=S) groups is 1. The Morgan fingerprint density at radius 2 is 2.14 bits per heavy atom. The second kappa shape index (κ2) is 2.82. The SMILES string of the molecule is S=C1NCC2C=c3ccccc3=C2N1. The van der Waals surface area contributed by atoms with E-state index < -0.39 is 0 Å². The summed E-state index contributed by atoms with van der Waals surface area (Å²) in [6.45, 7) is 0.913. The van der Waals surface area contributed by atoms with E-state index in [0.717, 1.165) is 11.7 Å². The monoisotopic (exact) mass is 202 g/mol. The number of benzene rings is 1. The van der Waals surface area contributed by atoms with Gasteiger partial charge in [-0.3, -0.25) is 0 Å². The van der Waals surface area contributed by atoms with Crippen molar-refractivity contribution in [3.63, 3.8) is 0 Å². The lowest BCUT2D eigenvalue weighted by Gasteiger charge is -2.24. The highest BCUT2D eigenvalue weighted by atomic mass is 32.1. The lowest BCUT2D eigenvalue weighted by molar-refractivity contribution is 0.737. The average molecular weight is 202 g/mol. The van der Waals surface area contributed by atoms with Gasteiger partial charge in [0.25, 0.3) is 0 Å². The molecule has 0 radical (unpaired) electrons. The van der Waals surface area contributed by atoms with Crippen LogP contribution in [0.2, 0.25) is 0 Å². The van der Waals surface area contributed by atoms with Crippen LogP contribution in [-0.4, -0.2) is 11.7 Å². The summed E-state index contributed by atoms with van der Waals surface area (Å²) in [6, 6.07) is 8.42. The van der Waals surface area contributed by atoms with Gasteiger partial charge in [0.1, 0.15) is 0 Å². The maximum absolute atomic E-state index is 5.10. The van der Waals surface area contributed by atoms with Crippen molar-refractivity contribution in [3.8, 4) is 0 Å². The van der Waals surface area contributed by atoms with E-state index in [1.165, 1.54) is 16.1 Å². The van der Waals surface area contributed by atoms with Crippen LogP contribution in [0.3, 0.4) is 0 Å². The lowest BCUT2D eigenvalue weighted by Crippen LogP contribution is -2.46. The zero-order chi connectivity index (χ0) is 9.54. The minimum Gasteiger partial charge on any atom is -0.361 e. The zero-order valence-corrected chi connectivity index (χ0v) is 8.40. The minimum absolute atomic E-state index is 0.457. The average Bonchev–Trinajstić information content (AvgIpc) is 2.56. The van der Waals surface area contributed by atoms with Crippen LogP contribution in [0.1, 0.15) is 0 Å². The van der Waals surface area contributed by atoms with Gasteiger partial charge in [-0.05, 0) is 17.4 Å². The van der Waals surface area contributed by atoms with Crippen LogP contribution in [-0.2, 0) is 0 Å². The Hall–Kier alpha value is -1.35. The number of hydrogen-bond acceptors (Lipinski definition) is 1. The van der Waals surface area contributed by atoms with Gasteiger partial charge in [0.2, 0.25) is 0 Å². The Labute approximate surface area is 87.3 Å². The summed E-state index contributed by atoms with van der Waals surface area (Å²) in [5.74, 6) is 0.457. The third kappa shape index (κ3) is 1.06. The van der Waals surface area contributed by atoms with E-state index in [-0.39, 0.29) is 0 Å². The predicted molar refractivity (Wildman–Crippen MR) is 60.8 cm³/mol. The van der Waals surface area contributed by atoms with Gasteiger partial charge in [-0.15, -0.1) is 0 Å². The highest BCUT2D eigenvalue weighted by Gasteiger charge is 2.22. The maximum atomic E-state index is 5.10. The van der Waals surface area contributed by atoms with Crippen molar-refractivity contribution in [2.45, 2.75) is 0 Å². The third-order valence-corrected chi connectivity index (χ3v) is 2.98. The molecule has 0 aromatic heterocycles. The van der Waals surface area contributed by atoms with E-state index in [1.54, 1.807) is 0 Å². The molecule has 3 rings (SSSR count). The van der Waals surface area contributed by atoms with Crippen LogP contribution in [0.25, 0.3) is 11.8 Å². The van der Waals surface area contributed by atoms with Crippen molar-refractivity contribution in [3.05, 3.63) is 34.7 Å². The van der Waals surface area contributed by atoms with Crippen molar-refractivity contribution in [1.82, 2.24) is 10.6 Å². The molecule has 0 bridgehead atoms. The van der Waals surface area contributed by atoms with Crippen LogP contribution in [0.5, 0.6) is 0 Å². The van der Waals surface area contributed by atoms with E-state index in [4.69, 9.17) is 12.2 Å². The van der Waals surface area contributed by atoms with E-state index in [0.29, 0.717) is 5.92 Å². The van der Waals surface area contributed by atoms with Crippen LogP contribution in [0, 0.1) is 5.92 Å². The fourth-order valence-corrected chi connectivity index (χ4v) is 2.27. The van der Waals surface area contributed by atoms with E-state index in [2.05, 4.69) is 41.0 Å². The van der Waals surface area contributed by atoms with E-state index in [1.807, 2.05) is 0 Å². The fraction of sp³-hybridized carbons (Fsp3) is 0.182. The Bertz CT molecular complexity index is 518. The van der Waals surface area contributed by atoms with Crippen LogP contribution >= 0.6 is 12.2 Å². The topological polar surface area (TPSA) is 24.1 Å². The molecular formula is C11H10N2S. The molecule has 2 N–H and O–H groups in total. The van der Waals surface area contributed by atoms with Crippen molar-refractivity contribution < 1.29 is 0 Å². The number of rotatable bonds is 0. The fourth-order valence-electron chi connectivity index (χ4n) is 2.08. The van der Waals surface area contributed by atoms with Crippen molar-refractivity contribution in [2.75, 3.05) is 6.54 Å². The van der Waals surface area contributed by atoms with Gasteiger partial charge in [0.15, 0.2) is 5.11 Å². The zero-order valence-electron chi connectivity index (χ0n) is 7.58. The summed E-state index contributed by atoms with van der Waals surface area (Å²) in [5, 5.41) is 9.74. The maximum Gasteiger partial charge on any atom is 0.170 e. The van der Waals surface area contributed by atoms with E-state index in [9.17, 15) is 0 Å². The molecule has 0 spiro atoms. The molecule has 1 aliphatic carbocycles. The van der Waals surface area contributed by atoms with Gasteiger partial charge in [0.05, 0.1) is 0 Å². The lowest BCUT2D eigenvalue weighted by atomic mass is 10.1.